The smallest absolute Gasteiger partial charge is 0.148 e. The van der Waals surface area contributed by atoms with E-state index >= 15 is 0 Å². The summed E-state index contributed by atoms with van der Waals surface area (Å²) in [5, 5.41) is 0. The van der Waals surface area contributed by atoms with Crippen LogP contribution in [0.1, 0.15) is 11.1 Å². The lowest BCUT2D eigenvalue weighted by Crippen LogP contribution is -2.03. The molecule has 1 aromatic rings. The Kier molecular flexibility index (Phi) is 3.36. The quantitative estimate of drug-likeness (QED) is 0.706. The lowest BCUT2D eigenvalue weighted by molar-refractivity contribution is 0.363. The van der Waals surface area contributed by atoms with Crippen LogP contribution in [0.5, 0.6) is 5.75 Å². The Morgan fingerprint density at radius 3 is 2.92 bits per heavy atom. The highest BCUT2D eigenvalue weighted by Gasteiger charge is 2.03. The minimum atomic E-state index is 0.290. The number of nitrogens with two attached hydrogens (primary N) is 1. The van der Waals surface area contributed by atoms with Gasteiger partial charge in [-0.25, -0.2) is 0 Å². The van der Waals surface area contributed by atoms with E-state index in [1.54, 1.807) is 0 Å². The molecule has 0 aliphatic heterocycles. The van der Waals surface area contributed by atoms with E-state index in [4.69, 9.17) is 16.9 Å². The highest BCUT2D eigenvalue weighted by molar-refractivity contribution is 5.40. The van der Waals surface area contributed by atoms with Crippen LogP contribution >= 0.6 is 0 Å². The summed E-state index contributed by atoms with van der Waals surface area (Å²) in [5.74, 6) is 3.25. The normalized spacial score (nSPS) is 9.31. The molecular weight excluding hydrogens is 162 g/mol. The van der Waals surface area contributed by atoms with E-state index in [2.05, 4.69) is 5.92 Å². The van der Waals surface area contributed by atoms with E-state index in [1.165, 1.54) is 0 Å². The molecule has 13 heavy (non-hydrogen) atoms. The molecule has 0 saturated carbocycles. The van der Waals surface area contributed by atoms with Crippen LogP contribution in [-0.2, 0) is 6.54 Å². The summed E-state index contributed by atoms with van der Waals surface area (Å²) in [6.45, 7) is 2.74. The van der Waals surface area contributed by atoms with Crippen molar-refractivity contribution in [3.8, 4) is 18.1 Å². The van der Waals surface area contributed by atoms with Crippen LogP contribution in [0.2, 0.25) is 0 Å². The zero-order valence-corrected chi connectivity index (χ0v) is 7.71. The van der Waals surface area contributed by atoms with Crippen molar-refractivity contribution in [1.82, 2.24) is 0 Å². The topological polar surface area (TPSA) is 35.2 Å². The van der Waals surface area contributed by atoms with Crippen molar-refractivity contribution in [2.75, 3.05) is 6.61 Å². The average Bonchev–Trinajstić information content (AvgIpc) is 2.15. The molecule has 0 atom stereocenters. The maximum atomic E-state index is 5.56. The van der Waals surface area contributed by atoms with Crippen LogP contribution in [-0.4, -0.2) is 6.61 Å². The van der Waals surface area contributed by atoms with Gasteiger partial charge in [0.2, 0.25) is 0 Å². The van der Waals surface area contributed by atoms with Crippen molar-refractivity contribution in [3.63, 3.8) is 0 Å². The van der Waals surface area contributed by atoms with Crippen molar-refractivity contribution < 1.29 is 4.74 Å². The summed E-state index contributed by atoms with van der Waals surface area (Å²) >= 11 is 0. The lowest BCUT2D eigenvalue weighted by Gasteiger charge is -2.10. The Labute approximate surface area is 78.7 Å². The highest BCUT2D eigenvalue weighted by atomic mass is 16.5. The number of ether oxygens (including phenoxy) is 1. The number of para-hydroxylation sites is 1. The molecule has 0 aliphatic rings. The predicted molar refractivity (Wildman–Crippen MR) is 53.4 cm³/mol. The van der Waals surface area contributed by atoms with Crippen molar-refractivity contribution in [3.05, 3.63) is 29.3 Å². The first kappa shape index (κ1) is 9.63. The molecule has 0 heterocycles. The molecule has 68 valence electrons. The Balaban J connectivity index is 2.95. The lowest BCUT2D eigenvalue weighted by atomic mass is 10.1. The monoisotopic (exact) mass is 175 g/mol. The molecule has 2 N–H and O–H groups in total. The fourth-order valence-electron chi connectivity index (χ4n) is 1.19. The minimum absolute atomic E-state index is 0.290. The first-order valence-electron chi connectivity index (χ1n) is 4.14. The third kappa shape index (κ3) is 2.24. The van der Waals surface area contributed by atoms with Gasteiger partial charge in [0.25, 0.3) is 0 Å². The summed E-state index contributed by atoms with van der Waals surface area (Å²) in [6, 6.07) is 5.88. The number of hydrogen-bond donors (Lipinski definition) is 1. The van der Waals surface area contributed by atoms with Gasteiger partial charge in [-0.05, 0) is 12.5 Å². The second-order valence-electron chi connectivity index (χ2n) is 2.76. The molecule has 0 amide bonds. The first-order valence-corrected chi connectivity index (χ1v) is 4.14. The van der Waals surface area contributed by atoms with Crippen molar-refractivity contribution in [2.45, 2.75) is 13.5 Å². The van der Waals surface area contributed by atoms with Gasteiger partial charge in [-0.15, -0.1) is 6.42 Å². The van der Waals surface area contributed by atoms with E-state index in [9.17, 15) is 0 Å². The van der Waals surface area contributed by atoms with E-state index in [0.717, 1.165) is 16.9 Å². The molecule has 0 radical (unpaired) electrons. The third-order valence-electron chi connectivity index (χ3n) is 1.81. The molecule has 2 nitrogen and oxygen atoms in total. The van der Waals surface area contributed by atoms with Gasteiger partial charge in [0.05, 0.1) is 0 Å². The summed E-state index contributed by atoms with van der Waals surface area (Å²) in [7, 11) is 0. The van der Waals surface area contributed by atoms with Gasteiger partial charge < -0.3 is 10.5 Å². The first-order chi connectivity index (χ1) is 6.29. The fourth-order valence-corrected chi connectivity index (χ4v) is 1.19. The maximum Gasteiger partial charge on any atom is 0.148 e. The second kappa shape index (κ2) is 4.54. The molecule has 1 aromatic carbocycles. The van der Waals surface area contributed by atoms with Crippen LogP contribution in [0.3, 0.4) is 0 Å². The zero-order valence-electron chi connectivity index (χ0n) is 7.71. The van der Waals surface area contributed by atoms with Gasteiger partial charge in [-0.3, -0.25) is 0 Å². The SMILES string of the molecule is C#CCOc1c(C)cccc1CN. The molecule has 0 fully saturated rings. The Hall–Kier alpha value is -1.46. The maximum absolute atomic E-state index is 5.56. The van der Waals surface area contributed by atoms with E-state index in [1.807, 2.05) is 25.1 Å². The standard InChI is InChI=1S/C11H13NO/c1-3-7-13-11-9(2)5-4-6-10(11)8-12/h1,4-6H,7-8,12H2,2H3. The molecular formula is C11H13NO. The van der Waals surface area contributed by atoms with Crippen molar-refractivity contribution >= 4 is 0 Å². The summed E-state index contributed by atoms with van der Waals surface area (Å²) in [5.41, 5.74) is 7.62. The van der Waals surface area contributed by atoms with Gasteiger partial charge in [0, 0.05) is 12.1 Å². The predicted octanol–water partition coefficient (Wildman–Crippen LogP) is 1.47. The molecule has 0 unspecified atom stereocenters. The molecule has 0 aliphatic carbocycles. The Morgan fingerprint density at radius 1 is 1.54 bits per heavy atom. The number of terminal acetylenes is 1. The van der Waals surface area contributed by atoms with E-state index in [0.29, 0.717) is 6.54 Å². The van der Waals surface area contributed by atoms with Crippen LogP contribution in [0.15, 0.2) is 18.2 Å². The molecule has 1 rings (SSSR count). The number of aryl methyl sites for hydroxylation is 1. The number of rotatable bonds is 3. The fraction of sp³-hybridized carbons (Fsp3) is 0.273. The van der Waals surface area contributed by atoms with Crippen molar-refractivity contribution in [2.24, 2.45) is 5.73 Å². The Morgan fingerprint density at radius 2 is 2.31 bits per heavy atom. The van der Waals surface area contributed by atoms with Gasteiger partial charge in [-0.1, -0.05) is 24.1 Å². The third-order valence-corrected chi connectivity index (χ3v) is 1.81. The van der Waals surface area contributed by atoms with Crippen LogP contribution in [0, 0.1) is 19.3 Å². The zero-order chi connectivity index (χ0) is 9.68. The van der Waals surface area contributed by atoms with Crippen molar-refractivity contribution in [1.29, 1.82) is 0 Å². The number of benzene rings is 1. The Bertz CT molecular complexity index is 325. The largest absolute Gasteiger partial charge is 0.480 e. The second-order valence-corrected chi connectivity index (χ2v) is 2.76. The van der Waals surface area contributed by atoms with E-state index < -0.39 is 0 Å². The van der Waals surface area contributed by atoms with Crippen LogP contribution in [0.4, 0.5) is 0 Å². The summed E-state index contributed by atoms with van der Waals surface area (Å²) in [4.78, 5) is 0. The molecule has 0 bridgehead atoms. The van der Waals surface area contributed by atoms with Crippen LogP contribution < -0.4 is 10.5 Å². The molecule has 0 saturated heterocycles. The minimum Gasteiger partial charge on any atom is -0.480 e. The number of hydrogen-bond acceptors (Lipinski definition) is 2. The molecule has 0 aromatic heterocycles. The van der Waals surface area contributed by atoms with Crippen LogP contribution in [0.25, 0.3) is 0 Å². The van der Waals surface area contributed by atoms with Gasteiger partial charge >= 0.3 is 0 Å². The van der Waals surface area contributed by atoms with Gasteiger partial charge in [-0.2, -0.15) is 0 Å². The summed E-state index contributed by atoms with van der Waals surface area (Å²) < 4.78 is 5.39. The molecule has 0 spiro atoms. The average molecular weight is 175 g/mol. The molecule has 2 heteroatoms. The summed E-state index contributed by atoms with van der Waals surface area (Å²) in [6.07, 6.45) is 5.11. The van der Waals surface area contributed by atoms with E-state index in [-0.39, 0.29) is 6.61 Å². The highest BCUT2D eigenvalue weighted by Crippen LogP contribution is 2.22. The van der Waals surface area contributed by atoms with Gasteiger partial charge in [0.15, 0.2) is 0 Å². The van der Waals surface area contributed by atoms with Gasteiger partial charge in [0.1, 0.15) is 12.4 Å².